The number of nitrogens with two attached hydrogens (primary N) is 2. The van der Waals surface area contributed by atoms with Crippen LogP contribution in [0.3, 0.4) is 0 Å². The molecule has 1 aromatic carbocycles. The summed E-state index contributed by atoms with van der Waals surface area (Å²) in [7, 11) is 0. The lowest BCUT2D eigenvalue weighted by atomic mass is 9.95. The lowest BCUT2D eigenvalue weighted by Crippen LogP contribution is -2.63. The number of benzene rings is 1. The molecule has 29 heteroatoms. The molecule has 1 aliphatic rings. The van der Waals surface area contributed by atoms with Crippen LogP contribution in [0, 0.1) is 17.8 Å². The van der Waals surface area contributed by atoms with Gasteiger partial charge in [-0.2, -0.15) is 0 Å². The van der Waals surface area contributed by atoms with Gasteiger partial charge in [0.2, 0.25) is 59.1 Å². The number of carbonyl (C=O) groups is 13. The maximum absolute atomic E-state index is 14.5. The first-order chi connectivity index (χ1) is 38.7. The minimum absolute atomic E-state index is 0.0980. The summed E-state index contributed by atoms with van der Waals surface area (Å²) in [5.74, 6) is -18.2. The average Bonchev–Trinajstić information content (AvgIpc) is 3.43. The van der Waals surface area contributed by atoms with Crippen LogP contribution in [0.5, 0.6) is 0 Å². The van der Waals surface area contributed by atoms with Gasteiger partial charge in [-0.05, 0) is 74.9 Å². The molecule has 82 heavy (non-hydrogen) atoms. The molecule has 18 N–H and O–H groups in total. The third-order valence-corrected chi connectivity index (χ3v) is 13.8. The highest BCUT2D eigenvalue weighted by Gasteiger charge is 2.39. The Kier molecular flexibility index (Phi) is 30.7. The van der Waals surface area contributed by atoms with Crippen LogP contribution in [0.25, 0.3) is 0 Å². The van der Waals surface area contributed by atoms with E-state index in [0.29, 0.717) is 12.0 Å². The fourth-order valence-electron chi connectivity index (χ4n) is 8.50. The van der Waals surface area contributed by atoms with Crippen LogP contribution in [0.1, 0.15) is 118 Å². The molecule has 0 radical (unpaired) electrons. The van der Waals surface area contributed by atoms with Gasteiger partial charge in [-0.15, -0.1) is 0 Å². The Morgan fingerprint density at radius 3 is 1.11 bits per heavy atom. The lowest BCUT2D eigenvalue weighted by molar-refractivity contribution is -0.144. The number of aliphatic hydroxyl groups is 1. The topological polar surface area (TPSA) is 475 Å². The third kappa shape index (κ3) is 23.7. The zero-order valence-corrected chi connectivity index (χ0v) is 47.2. The SMILES string of the molecule is CC[C@H](C)[C@@H]1NC(=O)[C@H](CCCCN)NC(=O)[C@H](CC(=O)O)NC(=O)[C@H](CO)NC(=O)[C@H](CCCCN)NC(=O)[C@H](CC(=O)O)NC(=O)[C@H](CC(=O)O)NC(=O)[C@H]([C@@H](C)CC)NC(=O)[C@H](C(C)C)NC(=O)[C@H](Cc2ccccc2)NC1=O. The number of aliphatic carboxylic acids is 3. The number of amides is 10. The normalized spacial score (nSPS) is 25.4. The summed E-state index contributed by atoms with van der Waals surface area (Å²) in [5, 5.41) is 63.9. The fourth-order valence-corrected chi connectivity index (χ4v) is 8.50. The predicted molar refractivity (Wildman–Crippen MR) is 293 cm³/mol. The van der Waals surface area contributed by atoms with E-state index in [0.717, 1.165) is 0 Å². The van der Waals surface area contributed by atoms with Gasteiger partial charge in [-0.3, -0.25) is 62.3 Å². The standard InChI is InChI=1S/C53H84N12O17/c1-7-28(5)42-52(81)60-33(22-30-16-10-9-11-17-30)49(78)63-41(27(3)4)51(80)65-43(29(6)8-2)53(82)61-36(25-40(71)72)48(77)58-34(23-38(67)68)46(75)56-31(18-12-14-20-54)44(73)62-37(26-66)50(79)59-35(24-39(69)70)47(76)57-32(45(74)64-42)19-13-15-21-55/h9-11,16-17,27-29,31-37,41-43,66H,7-8,12-15,18-26,54-55H2,1-6H3,(H,56,75)(H,57,76)(H,58,77)(H,59,79)(H,60,81)(H,61,82)(H,62,73)(H,63,78)(H,64,74)(H,65,80)(H,67,68)(H,69,70)(H,71,72)/t28-,29-,31-,32-,33-,34-,35-,36-,37-,41-,42-,43-/m0/s1. The van der Waals surface area contributed by atoms with Gasteiger partial charge >= 0.3 is 17.9 Å². The first-order valence-corrected chi connectivity index (χ1v) is 27.5. The largest absolute Gasteiger partial charge is 0.481 e. The minimum Gasteiger partial charge on any atom is -0.481 e. The summed E-state index contributed by atoms with van der Waals surface area (Å²) >= 11 is 0. The highest BCUT2D eigenvalue weighted by Crippen LogP contribution is 2.16. The van der Waals surface area contributed by atoms with Gasteiger partial charge in [-0.1, -0.05) is 84.7 Å². The molecule has 10 amide bonds. The molecule has 12 atom stereocenters. The van der Waals surface area contributed by atoms with Crippen molar-refractivity contribution in [3.8, 4) is 0 Å². The zero-order chi connectivity index (χ0) is 61.8. The number of nitrogens with one attached hydrogen (secondary N) is 10. The highest BCUT2D eigenvalue weighted by molar-refractivity contribution is 6.01. The van der Waals surface area contributed by atoms with Crippen LogP contribution in [-0.4, -0.2) is 178 Å². The molecule has 29 nitrogen and oxygen atoms in total. The van der Waals surface area contributed by atoms with Gasteiger partial charge in [0, 0.05) is 6.42 Å². The van der Waals surface area contributed by atoms with Crippen LogP contribution >= 0.6 is 0 Å². The van der Waals surface area contributed by atoms with Gasteiger partial charge in [-0.25, -0.2) is 0 Å². The van der Waals surface area contributed by atoms with Crippen molar-refractivity contribution in [2.45, 2.75) is 179 Å². The molecule has 458 valence electrons. The van der Waals surface area contributed by atoms with Crippen molar-refractivity contribution in [3.63, 3.8) is 0 Å². The number of unbranched alkanes of at least 4 members (excludes halogenated alkanes) is 2. The third-order valence-electron chi connectivity index (χ3n) is 13.8. The van der Waals surface area contributed by atoms with Crippen molar-refractivity contribution in [1.82, 2.24) is 53.2 Å². The molecule has 0 aromatic heterocycles. The van der Waals surface area contributed by atoms with E-state index in [-0.39, 0.29) is 64.5 Å². The average molecular weight is 1160 g/mol. The van der Waals surface area contributed by atoms with E-state index in [1.165, 1.54) is 0 Å². The summed E-state index contributed by atoms with van der Waals surface area (Å²) in [5.41, 5.74) is 11.9. The molecule has 1 fully saturated rings. The van der Waals surface area contributed by atoms with Gasteiger partial charge in [0.15, 0.2) is 0 Å². The van der Waals surface area contributed by atoms with Crippen molar-refractivity contribution in [2.75, 3.05) is 19.7 Å². The van der Waals surface area contributed by atoms with E-state index in [1.54, 1.807) is 71.9 Å². The van der Waals surface area contributed by atoms with Gasteiger partial charge in [0.25, 0.3) is 0 Å². The van der Waals surface area contributed by atoms with E-state index in [2.05, 4.69) is 53.2 Å². The molecule has 0 spiro atoms. The second kappa shape index (κ2) is 35.8. The Labute approximate surface area is 475 Å². The lowest BCUT2D eigenvalue weighted by Gasteiger charge is -2.31. The second-order valence-electron chi connectivity index (χ2n) is 20.6. The van der Waals surface area contributed by atoms with Crippen molar-refractivity contribution in [2.24, 2.45) is 29.2 Å². The predicted octanol–water partition coefficient (Wildman–Crippen LogP) is -3.49. The summed E-state index contributed by atoms with van der Waals surface area (Å²) in [6.45, 7) is 8.79. The molecular formula is C53H84N12O17. The van der Waals surface area contributed by atoms with Crippen LogP contribution in [0.15, 0.2) is 30.3 Å². The van der Waals surface area contributed by atoms with Crippen molar-refractivity contribution >= 4 is 77.0 Å². The van der Waals surface area contributed by atoms with Gasteiger partial charge < -0.3 is 85.1 Å². The summed E-state index contributed by atoms with van der Waals surface area (Å²) in [6.07, 6.45) is -2.52. The number of carboxylic acids is 3. The Bertz CT molecular complexity index is 2380. The van der Waals surface area contributed by atoms with Crippen molar-refractivity contribution < 1.29 is 82.8 Å². The molecule has 0 bridgehead atoms. The van der Waals surface area contributed by atoms with Crippen LogP contribution < -0.4 is 64.6 Å². The number of carboxylic acid groups (broad SMARTS) is 3. The number of hydrogen-bond acceptors (Lipinski definition) is 16. The summed E-state index contributed by atoms with van der Waals surface area (Å²) in [4.78, 5) is 178. The van der Waals surface area contributed by atoms with Crippen LogP contribution in [0.2, 0.25) is 0 Å². The summed E-state index contributed by atoms with van der Waals surface area (Å²) in [6, 6.07) is -8.62. The van der Waals surface area contributed by atoms with Crippen molar-refractivity contribution in [1.29, 1.82) is 0 Å². The number of aliphatic hydroxyl groups excluding tert-OH is 1. The number of carbonyl (C=O) groups excluding carboxylic acids is 10. The smallest absolute Gasteiger partial charge is 0.305 e. The van der Waals surface area contributed by atoms with Crippen LogP contribution in [0.4, 0.5) is 0 Å². The molecular weight excluding hydrogens is 1080 g/mol. The molecule has 0 aliphatic carbocycles. The molecule has 1 saturated heterocycles. The molecule has 2 rings (SSSR count). The van der Waals surface area contributed by atoms with Crippen molar-refractivity contribution in [3.05, 3.63) is 35.9 Å². The van der Waals surface area contributed by atoms with Gasteiger partial charge in [0.05, 0.1) is 25.9 Å². The fraction of sp³-hybridized carbons (Fsp3) is 0.642. The molecule has 1 aromatic rings. The maximum atomic E-state index is 14.5. The molecule has 1 heterocycles. The molecule has 0 unspecified atom stereocenters. The Morgan fingerprint density at radius 1 is 0.427 bits per heavy atom. The van der Waals surface area contributed by atoms with E-state index in [9.17, 15) is 82.8 Å². The van der Waals surface area contributed by atoms with E-state index < -0.39 is 181 Å². The molecule has 1 aliphatic heterocycles. The zero-order valence-electron chi connectivity index (χ0n) is 47.2. The highest BCUT2D eigenvalue weighted by atomic mass is 16.4. The number of hydrogen-bond donors (Lipinski definition) is 16. The first kappa shape index (κ1) is 70.3. The Balaban J connectivity index is 2.93. The van der Waals surface area contributed by atoms with Gasteiger partial charge in [0.1, 0.15) is 60.4 Å². The first-order valence-electron chi connectivity index (χ1n) is 27.5. The summed E-state index contributed by atoms with van der Waals surface area (Å²) < 4.78 is 0. The molecule has 0 saturated carbocycles. The van der Waals surface area contributed by atoms with E-state index in [1.807, 2.05) is 0 Å². The Hall–Kier alpha value is -7.79. The number of rotatable bonds is 22. The monoisotopic (exact) mass is 1160 g/mol. The second-order valence-corrected chi connectivity index (χ2v) is 20.6. The minimum atomic E-state index is -2.08. The quantitative estimate of drug-likeness (QED) is 0.0501. The Morgan fingerprint density at radius 2 is 0.732 bits per heavy atom. The van der Waals surface area contributed by atoms with Crippen LogP contribution in [-0.2, 0) is 68.7 Å². The van der Waals surface area contributed by atoms with E-state index in [4.69, 9.17) is 11.5 Å². The maximum Gasteiger partial charge on any atom is 0.305 e. The van der Waals surface area contributed by atoms with E-state index >= 15 is 0 Å².